The molecule has 0 bridgehead atoms. The molecule has 0 saturated heterocycles. The van der Waals surface area contributed by atoms with Gasteiger partial charge in [0.2, 0.25) is 0 Å². The van der Waals surface area contributed by atoms with Crippen LogP contribution in [0.15, 0.2) is 12.2 Å². The molecule has 2 heteroatoms. The fourth-order valence-electron chi connectivity index (χ4n) is 2.03. The van der Waals surface area contributed by atoms with Gasteiger partial charge in [0, 0.05) is 12.8 Å². The third-order valence-corrected chi connectivity index (χ3v) is 3.24. The molecule has 112 valence electrons. The Balaban J connectivity index is 3.26. The standard InChI is InChI=1S/C17H32O2/c1-4-5-6-7-8-9-10-11-12-13-14-16(2)15-19-17(3)18/h13-14,16H,4-12,15H2,1-3H3/b14-13+. The summed E-state index contributed by atoms with van der Waals surface area (Å²) in [6.07, 6.45) is 16.5. The van der Waals surface area contributed by atoms with Crippen molar-refractivity contribution in [3.8, 4) is 0 Å². The third-order valence-electron chi connectivity index (χ3n) is 3.24. The molecule has 0 aromatic carbocycles. The van der Waals surface area contributed by atoms with E-state index in [0.29, 0.717) is 12.5 Å². The van der Waals surface area contributed by atoms with Gasteiger partial charge in [-0.2, -0.15) is 0 Å². The van der Waals surface area contributed by atoms with Gasteiger partial charge in [-0.3, -0.25) is 4.79 Å². The number of rotatable bonds is 12. The molecular weight excluding hydrogens is 236 g/mol. The monoisotopic (exact) mass is 268 g/mol. The molecule has 1 atom stereocenters. The molecule has 0 fully saturated rings. The van der Waals surface area contributed by atoms with Crippen LogP contribution in [0.25, 0.3) is 0 Å². The van der Waals surface area contributed by atoms with Gasteiger partial charge < -0.3 is 4.74 Å². The largest absolute Gasteiger partial charge is 0.465 e. The number of unbranched alkanes of at least 4 members (excludes halogenated alkanes) is 8. The van der Waals surface area contributed by atoms with Crippen LogP contribution in [-0.4, -0.2) is 12.6 Å². The Morgan fingerprint density at radius 2 is 1.63 bits per heavy atom. The van der Waals surface area contributed by atoms with E-state index in [2.05, 4.69) is 26.0 Å². The zero-order chi connectivity index (χ0) is 14.3. The number of hydrogen-bond donors (Lipinski definition) is 0. The minimum Gasteiger partial charge on any atom is -0.465 e. The molecule has 0 N–H and O–H groups in total. The average molecular weight is 268 g/mol. The van der Waals surface area contributed by atoms with Gasteiger partial charge in [0.05, 0.1) is 6.61 Å². The first kappa shape index (κ1) is 18.2. The number of carbonyl (C=O) groups excluding carboxylic acids is 1. The van der Waals surface area contributed by atoms with Crippen LogP contribution >= 0.6 is 0 Å². The lowest BCUT2D eigenvalue weighted by molar-refractivity contribution is -0.141. The lowest BCUT2D eigenvalue weighted by Gasteiger charge is -2.05. The summed E-state index contributed by atoms with van der Waals surface area (Å²) in [5, 5.41) is 0. The highest BCUT2D eigenvalue weighted by atomic mass is 16.5. The lowest BCUT2D eigenvalue weighted by Crippen LogP contribution is -2.06. The highest BCUT2D eigenvalue weighted by Gasteiger charge is 1.99. The van der Waals surface area contributed by atoms with Crippen molar-refractivity contribution in [1.29, 1.82) is 0 Å². The van der Waals surface area contributed by atoms with Crippen LogP contribution in [0.2, 0.25) is 0 Å². The summed E-state index contributed by atoms with van der Waals surface area (Å²) in [6.45, 7) is 6.29. The maximum absolute atomic E-state index is 10.6. The van der Waals surface area contributed by atoms with Crippen molar-refractivity contribution in [3.05, 3.63) is 12.2 Å². The number of esters is 1. The Hall–Kier alpha value is -0.790. The molecule has 0 radical (unpaired) electrons. The Bertz CT molecular complexity index is 233. The van der Waals surface area contributed by atoms with Crippen LogP contribution in [0.5, 0.6) is 0 Å². The van der Waals surface area contributed by atoms with Crippen molar-refractivity contribution < 1.29 is 9.53 Å². The van der Waals surface area contributed by atoms with E-state index in [9.17, 15) is 4.79 Å². The first-order valence-electron chi connectivity index (χ1n) is 7.96. The van der Waals surface area contributed by atoms with Gasteiger partial charge in [-0.15, -0.1) is 0 Å². The maximum Gasteiger partial charge on any atom is 0.302 e. The van der Waals surface area contributed by atoms with Crippen LogP contribution in [-0.2, 0) is 9.53 Å². The summed E-state index contributed by atoms with van der Waals surface area (Å²) in [4.78, 5) is 10.6. The molecule has 0 aromatic heterocycles. The van der Waals surface area contributed by atoms with Crippen molar-refractivity contribution >= 4 is 5.97 Å². The molecule has 0 rings (SSSR count). The molecule has 0 aliphatic rings. The van der Waals surface area contributed by atoms with Crippen molar-refractivity contribution in [2.45, 2.75) is 78.6 Å². The molecule has 0 aromatic rings. The molecule has 0 aliphatic heterocycles. The van der Waals surface area contributed by atoms with Gasteiger partial charge in [0.15, 0.2) is 0 Å². The van der Waals surface area contributed by atoms with Crippen LogP contribution in [0.3, 0.4) is 0 Å². The predicted octanol–water partition coefficient (Wildman–Crippen LogP) is 5.27. The van der Waals surface area contributed by atoms with Crippen molar-refractivity contribution in [3.63, 3.8) is 0 Å². The van der Waals surface area contributed by atoms with Crippen LogP contribution < -0.4 is 0 Å². The summed E-state index contributed by atoms with van der Waals surface area (Å²) in [5.41, 5.74) is 0. The topological polar surface area (TPSA) is 26.3 Å². The van der Waals surface area contributed by atoms with Gasteiger partial charge >= 0.3 is 5.97 Å². The van der Waals surface area contributed by atoms with E-state index >= 15 is 0 Å². The quantitative estimate of drug-likeness (QED) is 0.274. The second kappa shape index (κ2) is 13.6. The number of ether oxygens (including phenoxy) is 1. The van der Waals surface area contributed by atoms with E-state index < -0.39 is 0 Å². The van der Waals surface area contributed by atoms with Crippen molar-refractivity contribution in [1.82, 2.24) is 0 Å². The zero-order valence-corrected chi connectivity index (χ0v) is 13.1. The average Bonchev–Trinajstić information content (AvgIpc) is 2.38. The minimum atomic E-state index is -0.191. The van der Waals surface area contributed by atoms with E-state index in [1.165, 1.54) is 58.3 Å². The van der Waals surface area contributed by atoms with Crippen LogP contribution in [0.4, 0.5) is 0 Å². The molecule has 0 spiro atoms. The van der Waals surface area contributed by atoms with Gasteiger partial charge in [0.1, 0.15) is 0 Å². The second-order valence-corrected chi connectivity index (χ2v) is 5.47. The fraction of sp³-hybridized carbons (Fsp3) is 0.824. The Kier molecular flexibility index (Phi) is 13.1. The highest BCUT2D eigenvalue weighted by molar-refractivity contribution is 5.65. The molecule has 0 saturated carbocycles. The maximum atomic E-state index is 10.6. The molecule has 1 unspecified atom stereocenters. The van der Waals surface area contributed by atoms with Crippen LogP contribution in [0, 0.1) is 5.92 Å². The van der Waals surface area contributed by atoms with E-state index in [0.717, 1.165) is 6.42 Å². The SMILES string of the molecule is CCCCCCCCCC/C=C/C(C)COC(C)=O. The summed E-state index contributed by atoms with van der Waals surface area (Å²) in [6, 6.07) is 0. The smallest absolute Gasteiger partial charge is 0.302 e. The molecule has 0 amide bonds. The highest BCUT2D eigenvalue weighted by Crippen LogP contribution is 2.10. The number of allylic oxidation sites excluding steroid dienone is 1. The minimum absolute atomic E-state index is 0.191. The van der Waals surface area contributed by atoms with Gasteiger partial charge in [-0.1, -0.05) is 70.9 Å². The molecule has 0 heterocycles. The Morgan fingerprint density at radius 1 is 1.05 bits per heavy atom. The fourth-order valence-corrected chi connectivity index (χ4v) is 2.03. The molecule has 19 heavy (non-hydrogen) atoms. The molecule has 2 nitrogen and oxygen atoms in total. The van der Waals surface area contributed by atoms with E-state index in [4.69, 9.17) is 4.74 Å². The Labute approximate surface area is 119 Å². The summed E-state index contributed by atoms with van der Waals surface area (Å²) < 4.78 is 4.96. The Morgan fingerprint density at radius 3 is 2.21 bits per heavy atom. The molecular formula is C17H32O2. The summed E-state index contributed by atoms with van der Waals surface area (Å²) >= 11 is 0. The lowest BCUT2D eigenvalue weighted by atomic mass is 10.1. The normalized spacial score (nSPS) is 12.8. The van der Waals surface area contributed by atoms with Crippen molar-refractivity contribution in [2.24, 2.45) is 5.92 Å². The summed E-state index contributed by atoms with van der Waals surface area (Å²) in [5.74, 6) is 0.140. The first-order valence-corrected chi connectivity index (χ1v) is 7.96. The second-order valence-electron chi connectivity index (χ2n) is 5.47. The van der Waals surface area contributed by atoms with E-state index in [-0.39, 0.29) is 5.97 Å². The number of carbonyl (C=O) groups is 1. The van der Waals surface area contributed by atoms with Gasteiger partial charge in [-0.05, 0) is 12.8 Å². The van der Waals surface area contributed by atoms with Gasteiger partial charge in [-0.25, -0.2) is 0 Å². The molecule has 0 aliphatic carbocycles. The first-order chi connectivity index (χ1) is 9.16. The van der Waals surface area contributed by atoms with Crippen LogP contribution in [0.1, 0.15) is 78.6 Å². The van der Waals surface area contributed by atoms with Gasteiger partial charge in [0.25, 0.3) is 0 Å². The van der Waals surface area contributed by atoms with Crippen molar-refractivity contribution in [2.75, 3.05) is 6.61 Å². The van der Waals surface area contributed by atoms with E-state index in [1.54, 1.807) is 0 Å². The number of hydrogen-bond acceptors (Lipinski definition) is 2. The predicted molar refractivity (Wildman–Crippen MR) is 82.2 cm³/mol. The zero-order valence-electron chi connectivity index (χ0n) is 13.1. The van der Waals surface area contributed by atoms with E-state index in [1.807, 2.05) is 0 Å². The summed E-state index contributed by atoms with van der Waals surface area (Å²) in [7, 11) is 0. The third kappa shape index (κ3) is 15.2.